The molecule has 2 rings (SSSR count). The maximum atomic E-state index is 5.00. The molecule has 50 valence electrons. The molecule has 0 radical (unpaired) electrons. The molecule has 10 heavy (non-hydrogen) atoms. The van der Waals surface area contributed by atoms with Crippen LogP contribution in [0.4, 0.5) is 5.88 Å². The first kappa shape index (κ1) is 5.22. The van der Waals surface area contributed by atoms with E-state index in [1.807, 2.05) is 0 Å². The smallest absolute Gasteiger partial charge is 0.244 e. The van der Waals surface area contributed by atoms with Gasteiger partial charge in [-0.1, -0.05) is 0 Å². The standard InChI is InChI=1S/C6H5N3O/c1-7-6-5-4(3-10-6)2-8-9-5/h2-3,9H,1H2. The number of aromatic nitrogens is 2. The van der Waals surface area contributed by atoms with E-state index in [1.165, 1.54) is 0 Å². The fourth-order valence-corrected chi connectivity index (χ4v) is 0.851. The summed E-state index contributed by atoms with van der Waals surface area (Å²) in [6.07, 6.45) is 3.26. The van der Waals surface area contributed by atoms with E-state index >= 15 is 0 Å². The van der Waals surface area contributed by atoms with Crippen LogP contribution in [0.3, 0.4) is 0 Å². The molecule has 0 saturated carbocycles. The molecule has 0 fully saturated rings. The van der Waals surface area contributed by atoms with Gasteiger partial charge in [0, 0.05) is 0 Å². The lowest BCUT2D eigenvalue weighted by atomic mass is 10.4. The Labute approximate surface area is 56.6 Å². The van der Waals surface area contributed by atoms with Gasteiger partial charge in [0.25, 0.3) is 0 Å². The van der Waals surface area contributed by atoms with Gasteiger partial charge in [0.05, 0.1) is 11.6 Å². The summed E-state index contributed by atoms with van der Waals surface area (Å²) in [5, 5.41) is 7.46. The molecular formula is C6H5N3O. The van der Waals surface area contributed by atoms with Crippen LogP contribution in [0.15, 0.2) is 21.9 Å². The number of aliphatic imine (C=N–C) groups is 1. The highest BCUT2D eigenvalue weighted by Gasteiger charge is 2.03. The van der Waals surface area contributed by atoms with Crippen molar-refractivity contribution in [3.05, 3.63) is 12.5 Å². The van der Waals surface area contributed by atoms with Crippen LogP contribution in [0.1, 0.15) is 0 Å². The minimum Gasteiger partial charge on any atom is -0.444 e. The minimum atomic E-state index is 0.493. The Kier molecular flexibility index (Phi) is 0.887. The topological polar surface area (TPSA) is 54.2 Å². The second kappa shape index (κ2) is 1.70. The first-order valence-electron chi connectivity index (χ1n) is 2.79. The largest absolute Gasteiger partial charge is 0.444 e. The predicted molar refractivity (Wildman–Crippen MR) is 37.6 cm³/mol. The normalized spacial score (nSPS) is 10.4. The number of furan rings is 1. The lowest BCUT2D eigenvalue weighted by Gasteiger charge is -1.78. The molecule has 0 saturated heterocycles. The summed E-state index contributed by atoms with van der Waals surface area (Å²) in [5.41, 5.74) is 0.801. The molecule has 0 unspecified atom stereocenters. The molecule has 0 aliphatic carbocycles. The van der Waals surface area contributed by atoms with Crippen molar-refractivity contribution in [2.75, 3.05) is 0 Å². The summed E-state index contributed by atoms with van der Waals surface area (Å²) in [4.78, 5) is 3.64. The molecule has 1 N–H and O–H groups in total. The predicted octanol–water partition coefficient (Wildman–Crippen LogP) is 1.49. The van der Waals surface area contributed by atoms with E-state index in [0.717, 1.165) is 10.9 Å². The minimum absolute atomic E-state index is 0.493. The number of fused-ring (bicyclic) bond motifs is 1. The van der Waals surface area contributed by atoms with Gasteiger partial charge < -0.3 is 4.42 Å². The number of nitrogens with zero attached hydrogens (tertiary/aromatic N) is 2. The van der Waals surface area contributed by atoms with Crippen molar-refractivity contribution in [1.29, 1.82) is 0 Å². The Balaban J connectivity index is 2.88. The SMILES string of the molecule is C=Nc1occ2cn[nH]c12. The molecule has 0 amide bonds. The third-order valence-corrected chi connectivity index (χ3v) is 1.32. The van der Waals surface area contributed by atoms with Crippen LogP contribution in [0.25, 0.3) is 10.9 Å². The van der Waals surface area contributed by atoms with Gasteiger partial charge in [-0.2, -0.15) is 5.10 Å². The third-order valence-electron chi connectivity index (χ3n) is 1.32. The summed E-state index contributed by atoms with van der Waals surface area (Å²) in [5.74, 6) is 0.493. The Morgan fingerprint density at radius 3 is 3.40 bits per heavy atom. The summed E-state index contributed by atoms with van der Waals surface area (Å²) in [6, 6.07) is 0. The Morgan fingerprint density at radius 1 is 1.70 bits per heavy atom. The highest BCUT2D eigenvalue weighted by molar-refractivity contribution is 5.86. The van der Waals surface area contributed by atoms with Crippen LogP contribution >= 0.6 is 0 Å². The molecule has 0 atom stereocenters. The van der Waals surface area contributed by atoms with Gasteiger partial charge in [0.1, 0.15) is 11.8 Å². The van der Waals surface area contributed by atoms with Gasteiger partial charge in [-0.15, -0.1) is 0 Å². The van der Waals surface area contributed by atoms with E-state index in [9.17, 15) is 0 Å². The van der Waals surface area contributed by atoms with Gasteiger partial charge in [-0.05, 0) is 6.72 Å². The zero-order valence-corrected chi connectivity index (χ0v) is 5.16. The van der Waals surface area contributed by atoms with Crippen LogP contribution in [0.5, 0.6) is 0 Å². The second-order valence-electron chi connectivity index (χ2n) is 1.90. The lowest BCUT2D eigenvalue weighted by molar-refractivity contribution is 0.581. The molecule has 2 aromatic heterocycles. The summed E-state index contributed by atoms with van der Waals surface area (Å²) in [6.45, 7) is 3.34. The summed E-state index contributed by atoms with van der Waals surface area (Å²) in [7, 11) is 0. The monoisotopic (exact) mass is 135 g/mol. The fourth-order valence-electron chi connectivity index (χ4n) is 0.851. The third kappa shape index (κ3) is 0.500. The van der Waals surface area contributed by atoms with Crippen LogP contribution in [-0.4, -0.2) is 16.9 Å². The summed E-state index contributed by atoms with van der Waals surface area (Å²) >= 11 is 0. The van der Waals surface area contributed by atoms with E-state index < -0.39 is 0 Å². The van der Waals surface area contributed by atoms with Gasteiger partial charge >= 0.3 is 0 Å². The van der Waals surface area contributed by atoms with E-state index in [1.54, 1.807) is 12.5 Å². The Hall–Kier alpha value is -1.58. The van der Waals surface area contributed by atoms with Crippen LogP contribution in [-0.2, 0) is 0 Å². The molecule has 2 aromatic rings. The Bertz CT molecular complexity index is 360. The first-order valence-corrected chi connectivity index (χ1v) is 2.79. The summed E-state index contributed by atoms with van der Waals surface area (Å²) < 4.78 is 5.00. The zero-order chi connectivity index (χ0) is 6.97. The molecule has 2 heterocycles. The van der Waals surface area contributed by atoms with E-state index in [2.05, 4.69) is 21.9 Å². The fraction of sp³-hybridized carbons (Fsp3) is 0. The van der Waals surface area contributed by atoms with Crippen molar-refractivity contribution in [2.45, 2.75) is 0 Å². The number of H-pyrrole nitrogens is 1. The molecule has 4 heteroatoms. The molecule has 0 aromatic carbocycles. The van der Waals surface area contributed by atoms with Crippen molar-refractivity contribution >= 4 is 23.5 Å². The van der Waals surface area contributed by atoms with Crippen molar-refractivity contribution in [2.24, 2.45) is 4.99 Å². The van der Waals surface area contributed by atoms with Gasteiger partial charge in [-0.25, -0.2) is 4.99 Å². The zero-order valence-electron chi connectivity index (χ0n) is 5.16. The number of rotatable bonds is 1. The number of hydrogen-bond acceptors (Lipinski definition) is 3. The Morgan fingerprint density at radius 2 is 2.60 bits per heavy atom. The maximum Gasteiger partial charge on any atom is 0.244 e. The molecular weight excluding hydrogens is 130 g/mol. The van der Waals surface area contributed by atoms with Crippen LogP contribution < -0.4 is 0 Å². The van der Waals surface area contributed by atoms with Crippen molar-refractivity contribution in [3.8, 4) is 0 Å². The second-order valence-corrected chi connectivity index (χ2v) is 1.90. The maximum absolute atomic E-state index is 5.00. The quantitative estimate of drug-likeness (QED) is 0.602. The van der Waals surface area contributed by atoms with Crippen LogP contribution in [0.2, 0.25) is 0 Å². The molecule has 4 nitrogen and oxygen atoms in total. The highest BCUT2D eigenvalue weighted by atomic mass is 16.3. The van der Waals surface area contributed by atoms with Crippen molar-refractivity contribution in [3.63, 3.8) is 0 Å². The number of hydrogen-bond donors (Lipinski definition) is 1. The van der Waals surface area contributed by atoms with E-state index in [0.29, 0.717) is 5.88 Å². The van der Waals surface area contributed by atoms with E-state index in [-0.39, 0.29) is 0 Å². The first-order chi connectivity index (χ1) is 4.92. The highest BCUT2D eigenvalue weighted by Crippen LogP contribution is 2.24. The number of nitrogens with one attached hydrogen (secondary N) is 1. The van der Waals surface area contributed by atoms with Crippen LogP contribution in [0, 0.1) is 0 Å². The van der Waals surface area contributed by atoms with Gasteiger partial charge in [-0.3, -0.25) is 5.10 Å². The van der Waals surface area contributed by atoms with Crippen molar-refractivity contribution < 1.29 is 4.42 Å². The van der Waals surface area contributed by atoms with Gasteiger partial charge in [0.2, 0.25) is 5.88 Å². The van der Waals surface area contributed by atoms with Gasteiger partial charge in [0.15, 0.2) is 0 Å². The number of aromatic amines is 1. The lowest BCUT2D eigenvalue weighted by Crippen LogP contribution is -1.62. The van der Waals surface area contributed by atoms with E-state index in [4.69, 9.17) is 4.42 Å². The average molecular weight is 135 g/mol. The average Bonchev–Trinajstić information content (AvgIpc) is 2.44. The molecule has 0 spiro atoms. The molecule has 0 bridgehead atoms. The molecule has 0 aliphatic rings. The molecule has 0 aliphatic heterocycles. The van der Waals surface area contributed by atoms with Crippen molar-refractivity contribution in [1.82, 2.24) is 10.2 Å².